The van der Waals surface area contributed by atoms with Gasteiger partial charge in [-0.2, -0.15) is 0 Å². The van der Waals surface area contributed by atoms with E-state index in [0.717, 1.165) is 27.7 Å². The van der Waals surface area contributed by atoms with Crippen LogP contribution in [0.3, 0.4) is 0 Å². The summed E-state index contributed by atoms with van der Waals surface area (Å²) in [6.07, 6.45) is 2.69. The van der Waals surface area contributed by atoms with Gasteiger partial charge in [0.25, 0.3) is 0 Å². The maximum absolute atomic E-state index is 5.55. The van der Waals surface area contributed by atoms with Crippen molar-refractivity contribution in [2.45, 2.75) is 6.42 Å². The maximum atomic E-state index is 5.55. The maximum Gasteiger partial charge on any atom is 0.140 e. The molecule has 0 saturated heterocycles. The molecule has 5 heteroatoms. The van der Waals surface area contributed by atoms with Crippen LogP contribution in [0, 0.1) is 0 Å². The Morgan fingerprint density at radius 3 is 2.85 bits per heavy atom. The van der Waals surface area contributed by atoms with Crippen molar-refractivity contribution >= 4 is 49.3 Å². The van der Waals surface area contributed by atoms with Crippen molar-refractivity contribution in [3.05, 3.63) is 21.2 Å². The minimum atomic E-state index is 0.668. The fourth-order valence-corrected chi connectivity index (χ4v) is 2.08. The molecule has 0 aliphatic carbocycles. The molecular formula is C8H9Br2ClN2. The largest absolute Gasteiger partial charge is 0.369 e. The first-order valence-corrected chi connectivity index (χ1v) is 5.97. The third-order valence-electron chi connectivity index (χ3n) is 1.41. The Labute approximate surface area is 99.3 Å². The first kappa shape index (κ1) is 11.3. The highest BCUT2D eigenvalue weighted by Gasteiger charge is 2.00. The number of halogens is 3. The second-order valence-corrected chi connectivity index (χ2v) is 4.60. The average molecular weight is 328 g/mol. The third-order valence-corrected chi connectivity index (χ3v) is 2.72. The smallest absolute Gasteiger partial charge is 0.140 e. The van der Waals surface area contributed by atoms with Crippen LogP contribution < -0.4 is 5.32 Å². The molecule has 1 heterocycles. The Morgan fingerprint density at radius 1 is 1.46 bits per heavy atom. The van der Waals surface area contributed by atoms with Crippen molar-refractivity contribution in [1.29, 1.82) is 0 Å². The Hall–Kier alpha value is 0.200. The zero-order valence-electron chi connectivity index (χ0n) is 6.86. The summed E-state index contributed by atoms with van der Waals surface area (Å²) in [6.45, 7) is 0.844. The summed E-state index contributed by atoms with van der Waals surface area (Å²) in [5.41, 5.74) is 0. The number of anilines is 1. The monoisotopic (exact) mass is 326 g/mol. The summed E-state index contributed by atoms with van der Waals surface area (Å²) < 4.78 is 1.92. The summed E-state index contributed by atoms with van der Waals surface area (Å²) in [7, 11) is 0. The van der Waals surface area contributed by atoms with Crippen molar-refractivity contribution < 1.29 is 0 Å². The van der Waals surface area contributed by atoms with Crippen molar-refractivity contribution in [1.82, 2.24) is 4.98 Å². The van der Waals surface area contributed by atoms with Crippen molar-refractivity contribution in [2.24, 2.45) is 0 Å². The zero-order valence-corrected chi connectivity index (χ0v) is 10.8. The van der Waals surface area contributed by atoms with Gasteiger partial charge in [-0.15, -0.1) is 11.6 Å². The van der Waals surface area contributed by atoms with Crippen LogP contribution in [0.4, 0.5) is 5.82 Å². The highest BCUT2D eigenvalue weighted by atomic mass is 79.9. The summed E-state index contributed by atoms with van der Waals surface area (Å²) in [5, 5.41) is 3.18. The summed E-state index contributed by atoms with van der Waals surface area (Å²) >= 11 is 12.3. The van der Waals surface area contributed by atoms with Gasteiger partial charge in [0, 0.05) is 23.1 Å². The minimum absolute atomic E-state index is 0.668. The molecule has 1 aromatic heterocycles. The Balaban J connectivity index is 2.56. The number of nitrogens with one attached hydrogen (secondary N) is 1. The zero-order chi connectivity index (χ0) is 9.68. The van der Waals surface area contributed by atoms with Crippen LogP contribution in [-0.4, -0.2) is 17.4 Å². The second kappa shape index (κ2) is 5.83. The molecule has 1 aromatic rings. The number of hydrogen-bond donors (Lipinski definition) is 1. The van der Waals surface area contributed by atoms with E-state index in [1.807, 2.05) is 6.07 Å². The van der Waals surface area contributed by atoms with Gasteiger partial charge in [-0.1, -0.05) is 0 Å². The fraction of sp³-hybridized carbons (Fsp3) is 0.375. The third kappa shape index (κ3) is 3.83. The number of rotatable bonds is 4. The van der Waals surface area contributed by atoms with E-state index < -0.39 is 0 Å². The van der Waals surface area contributed by atoms with E-state index in [-0.39, 0.29) is 0 Å². The topological polar surface area (TPSA) is 24.9 Å². The molecule has 1 N–H and O–H groups in total. The predicted molar refractivity (Wildman–Crippen MR) is 63.5 cm³/mol. The van der Waals surface area contributed by atoms with Crippen LogP contribution in [0.5, 0.6) is 0 Å². The number of nitrogens with zero attached hydrogens (tertiary/aromatic N) is 1. The number of pyridine rings is 1. The Bertz CT molecular complexity index is 281. The summed E-state index contributed by atoms with van der Waals surface area (Å²) in [6, 6.07) is 1.95. The standard InChI is InChI=1S/C8H9Br2ClN2/c9-6-4-7(10)8(13-5-6)12-3-1-2-11/h4-5H,1-3H2,(H,12,13). The molecule has 0 radical (unpaired) electrons. The lowest BCUT2D eigenvalue weighted by molar-refractivity contribution is 0.974. The van der Waals surface area contributed by atoms with Crippen LogP contribution in [0.2, 0.25) is 0 Å². The fourth-order valence-electron chi connectivity index (χ4n) is 0.818. The number of alkyl halides is 1. The van der Waals surface area contributed by atoms with Gasteiger partial charge < -0.3 is 5.32 Å². The van der Waals surface area contributed by atoms with E-state index in [2.05, 4.69) is 42.2 Å². The summed E-state index contributed by atoms with van der Waals surface area (Å²) in [4.78, 5) is 4.20. The van der Waals surface area contributed by atoms with Gasteiger partial charge in [0.15, 0.2) is 0 Å². The lowest BCUT2D eigenvalue weighted by Crippen LogP contribution is -2.04. The van der Waals surface area contributed by atoms with Crippen LogP contribution in [-0.2, 0) is 0 Å². The van der Waals surface area contributed by atoms with Gasteiger partial charge in [0.05, 0.1) is 4.47 Å². The van der Waals surface area contributed by atoms with E-state index in [0.29, 0.717) is 5.88 Å². The number of hydrogen-bond acceptors (Lipinski definition) is 2. The van der Waals surface area contributed by atoms with Crippen molar-refractivity contribution in [3.63, 3.8) is 0 Å². The van der Waals surface area contributed by atoms with Crippen LogP contribution >= 0.6 is 43.5 Å². The molecule has 0 saturated carbocycles. The lowest BCUT2D eigenvalue weighted by atomic mass is 10.4. The molecule has 0 aliphatic heterocycles. The molecule has 0 fully saturated rings. The Morgan fingerprint density at radius 2 is 2.23 bits per heavy atom. The van der Waals surface area contributed by atoms with E-state index >= 15 is 0 Å². The quantitative estimate of drug-likeness (QED) is 0.674. The molecule has 0 bridgehead atoms. The average Bonchev–Trinajstić information content (AvgIpc) is 2.09. The summed E-state index contributed by atoms with van der Waals surface area (Å²) in [5.74, 6) is 1.52. The first-order chi connectivity index (χ1) is 6.24. The van der Waals surface area contributed by atoms with Crippen molar-refractivity contribution in [3.8, 4) is 0 Å². The molecule has 0 atom stereocenters. The molecule has 2 nitrogen and oxygen atoms in total. The van der Waals surface area contributed by atoms with E-state index in [1.54, 1.807) is 6.20 Å². The van der Waals surface area contributed by atoms with Gasteiger partial charge in [0.2, 0.25) is 0 Å². The van der Waals surface area contributed by atoms with Gasteiger partial charge >= 0.3 is 0 Å². The van der Waals surface area contributed by atoms with Crippen LogP contribution in [0.15, 0.2) is 21.2 Å². The molecule has 0 unspecified atom stereocenters. The minimum Gasteiger partial charge on any atom is -0.369 e. The lowest BCUT2D eigenvalue weighted by Gasteiger charge is -2.05. The molecule has 1 rings (SSSR count). The molecule has 0 aromatic carbocycles. The van der Waals surface area contributed by atoms with Crippen LogP contribution in [0.1, 0.15) is 6.42 Å². The Kier molecular flexibility index (Phi) is 5.06. The second-order valence-electron chi connectivity index (χ2n) is 2.45. The SMILES string of the molecule is ClCCCNc1ncc(Br)cc1Br. The van der Waals surface area contributed by atoms with E-state index in [9.17, 15) is 0 Å². The first-order valence-electron chi connectivity index (χ1n) is 3.85. The molecule has 13 heavy (non-hydrogen) atoms. The van der Waals surface area contributed by atoms with Crippen LogP contribution in [0.25, 0.3) is 0 Å². The van der Waals surface area contributed by atoms with E-state index in [4.69, 9.17) is 11.6 Å². The normalized spacial score (nSPS) is 10.1. The van der Waals surface area contributed by atoms with E-state index in [1.165, 1.54) is 0 Å². The van der Waals surface area contributed by atoms with Crippen molar-refractivity contribution in [2.75, 3.05) is 17.7 Å². The number of aromatic nitrogens is 1. The highest BCUT2D eigenvalue weighted by molar-refractivity contribution is 9.11. The highest BCUT2D eigenvalue weighted by Crippen LogP contribution is 2.23. The van der Waals surface area contributed by atoms with Gasteiger partial charge in [-0.05, 0) is 44.3 Å². The van der Waals surface area contributed by atoms with Gasteiger partial charge in [-0.3, -0.25) is 0 Å². The molecule has 0 aliphatic rings. The van der Waals surface area contributed by atoms with Gasteiger partial charge in [0.1, 0.15) is 5.82 Å². The molecule has 0 amide bonds. The molecular weight excluding hydrogens is 319 g/mol. The van der Waals surface area contributed by atoms with Gasteiger partial charge in [-0.25, -0.2) is 4.98 Å². The predicted octanol–water partition coefficient (Wildman–Crippen LogP) is 3.65. The molecule has 72 valence electrons. The molecule has 0 spiro atoms.